The van der Waals surface area contributed by atoms with Crippen LogP contribution >= 0.6 is 0 Å². The zero-order chi connectivity index (χ0) is 10.7. The Labute approximate surface area is 88.7 Å². The van der Waals surface area contributed by atoms with Gasteiger partial charge in [0.2, 0.25) is 0 Å². The molecule has 2 rings (SSSR count). The van der Waals surface area contributed by atoms with Crippen molar-refractivity contribution in [1.29, 1.82) is 0 Å². The van der Waals surface area contributed by atoms with Crippen molar-refractivity contribution < 1.29 is 0 Å². The van der Waals surface area contributed by atoms with Gasteiger partial charge in [-0.1, -0.05) is 18.2 Å². The Hall–Kier alpha value is -2.16. The third kappa shape index (κ3) is 2.20. The molecule has 0 aromatic heterocycles. The molecule has 0 bridgehead atoms. The van der Waals surface area contributed by atoms with Crippen LogP contribution in [-0.4, -0.2) is 0 Å². The van der Waals surface area contributed by atoms with Crippen LogP contribution in [0.25, 0.3) is 0 Å². The van der Waals surface area contributed by atoms with Crippen LogP contribution in [0.5, 0.6) is 0 Å². The third-order valence-corrected chi connectivity index (χ3v) is 2.13. The van der Waals surface area contributed by atoms with Crippen molar-refractivity contribution >= 4 is 22.7 Å². The smallest absolute Gasteiger partial charge is 0.0619 e. The summed E-state index contributed by atoms with van der Waals surface area (Å²) in [6.07, 6.45) is 0. The lowest BCUT2D eigenvalue weighted by Gasteiger charge is -2.09. The minimum absolute atomic E-state index is 0.652. The molecule has 3 nitrogen and oxygen atoms in total. The SMILES string of the molecule is Nc1ccc(Nc2ccccc2)c(N)c1. The predicted molar refractivity (Wildman–Crippen MR) is 65.0 cm³/mol. The Bertz CT molecular complexity index is 452. The van der Waals surface area contributed by atoms with Gasteiger partial charge in [0.25, 0.3) is 0 Å². The molecule has 2 aromatic rings. The van der Waals surface area contributed by atoms with Crippen molar-refractivity contribution in [3.8, 4) is 0 Å². The average molecular weight is 199 g/mol. The maximum absolute atomic E-state index is 5.83. The van der Waals surface area contributed by atoms with Gasteiger partial charge in [-0.05, 0) is 30.3 Å². The van der Waals surface area contributed by atoms with E-state index in [0.29, 0.717) is 11.4 Å². The molecule has 76 valence electrons. The van der Waals surface area contributed by atoms with Crippen LogP contribution in [0.3, 0.4) is 0 Å². The van der Waals surface area contributed by atoms with Gasteiger partial charge in [0.15, 0.2) is 0 Å². The summed E-state index contributed by atoms with van der Waals surface area (Å²) in [6.45, 7) is 0. The fourth-order valence-corrected chi connectivity index (χ4v) is 1.37. The van der Waals surface area contributed by atoms with E-state index in [1.807, 2.05) is 42.5 Å². The van der Waals surface area contributed by atoms with Gasteiger partial charge in [-0.3, -0.25) is 0 Å². The largest absolute Gasteiger partial charge is 0.399 e. The molecular formula is C12H13N3. The van der Waals surface area contributed by atoms with E-state index in [0.717, 1.165) is 11.4 Å². The third-order valence-electron chi connectivity index (χ3n) is 2.13. The second-order valence-corrected chi connectivity index (χ2v) is 3.34. The van der Waals surface area contributed by atoms with Gasteiger partial charge in [-0.2, -0.15) is 0 Å². The highest BCUT2D eigenvalue weighted by Gasteiger charge is 1.99. The van der Waals surface area contributed by atoms with Crippen molar-refractivity contribution in [3.05, 3.63) is 48.5 Å². The zero-order valence-corrected chi connectivity index (χ0v) is 8.27. The van der Waals surface area contributed by atoms with E-state index in [4.69, 9.17) is 11.5 Å². The number of para-hydroxylation sites is 1. The van der Waals surface area contributed by atoms with Gasteiger partial charge >= 0.3 is 0 Å². The summed E-state index contributed by atoms with van der Waals surface area (Å²) >= 11 is 0. The van der Waals surface area contributed by atoms with E-state index in [-0.39, 0.29) is 0 Å². The number of benzene rings is 2. The van der Waals surface area contributed by atoms with Crippen molar-refractivity contribution in [3.63, 3.8) is 0 Å². The molecule has 0 atom stereocenters. The van der Waals surface area contributed by atoms with E-state index >= 15 is 0 Å². The van der Waals surface area contributed by atoms with Gasteiger partial charge in [-0.15, -0.1) is 0 Å². The Morgan fingerprint density at radius 1 is 0.867 bits per heavy atom. The van der Waals surface area contributed by atoms with Gasteiger partial charge in [0, 0.05) is 11.4 Å². The number of rotatable bonds is 2. The van der Waals surface area contributed by atoms with Crippen LogP contribution in [0.15, 0.2) is 48.5 Å². The van der Waals surface area contributed by atoms with Crippen LogP contribution in [-0.2, 0) is 0 Å². The summed E-state index contributed by atoms with van der Waals surface area (Å²) in [6, 6.07) is 15.3. The summed E-state index contributed by atoms with van der Waals surface area (Å²) in [5.74, 6) is 0. The molecule has 0 fully saturated rings. The average Bonchev–Trinajstić information content (AvgIpc) is 2.24. The monoisotopic (exact) mass is 199 g/mol. The molecule has 0 spiro atoms. The van der Waals surface area contributed by atoms with Crippen molar-refractivity contribution in [2.45, 2.75) is 0 Å². The number of nitrogens with one attached hydrogen (secondary N) is 1. The second kappa shape index (κ2) is 3.92. The molecule has 0 saturated carbocycles. The zero-order valence-electron chi connectivity index (χ0n) is 8.27. The van der Waals surface area contributed by atoms with Crippen LogP contribution in [0.1, 0.15) is 0 Å². The molecule has 0 aliphatic rings. The molecule has 0 aliphatic heterocycles. The lowest BCUT2D eigenvalue weighted by atomic mass is 10.2. The molecule has 3 heteroatoms. The minimum atomic E-state index is 0.652. The second-order valence-electron chi connectivity index (χ2n) is 3.34. The molecular weight excluding hydrogens is 186 g/mol. The molecule has 0 radical (unpaired) electrons. The highest BCUT2D eigenvalue weighted by molar-refractivity contribution is 5.75. The molecule has 0 saturated heterocycles. The van der Waals surface area contributed by atoms with Crippen LogP contribution < -0.4 is 16.8 Å². The number of hydrogen-bond donors (Lipinski definition) is 3. The molecule has 2 aromatic carbocycles. The lowest BCUT2D eigenvalue weighted by molar-refractivity contribution is 1.54. The summed E-state index contributed by atoms with van der Waals surface area (Å²) < 4.78 is 0. The van der Waals surface area contributed by atoms with Gasteiger partial charge < -0.3 is 16.8 Å². The molecule has 0 aliphatic carbocycles. The maximum atomic E-state index is 5.83. The Morgan fingerprint density at radius 2 is 1.60 bits per heavy atom. The first-order valence-corrected chi connectivity index (χ1v) is 4.73. The molecule has 0 amide bonds. The predicted octanol–water partition coefficient (Wildman–Crippen LogP) is 2.59. The number of nitrogens with two attached hydrogens (primary N) is 2. The number of anilines is 4. The van der Waals surface area contributed by atoms with Crippen molar-refractivity contribution in [2.75, 3.05) is 16.8 Å². The van der Waals surface area contributed by atoms with E-state index < -0.39 is 0 Å². The summed E-state index contributed by atoms with van der Waals surface area (Å²) in [5.41, 5.74) is 14.6. The first-order valence-electron chi connectivity index (χ1n) is 4.73. The van der Waals surface area contributed by atoms with E-state index in [9.17, 15) is 0 Å². The lowest BCUT2D eigenvalue weighted by Crippen LogP contribution is -1.97. The van der Waals surface area contributed by atoms with Gasteiger partial charge in [0.1, 0.15) is 0 Å². The van der Waals surface area contributed by atoms with Crippen molar-refractivity contribution in [1.82, 2.24) is 0 Å². The fourth-order valence-electron chi connectivity index (χ4n) is 1.37. The molecule has 0 heterocycles. The van der Waals surface area contributed by atoms with Crippen LogP contribution in [0.4, 0.5) is 22.7 Å². The van der Waals surface area contributed by atoms with Crippen LogP contribution in [0.2, 0.25) is 0 Å². The first-order chi connectivity index (χ1) is 7.25. The van der Waals surface area contributed by atoms with E-state index in [1.165, 1.54) is 0 Å². The van der Waals surface area contributed by atoms with E-state index in [1.54, 1.807) is 6.07 Å². The quantitative estimate of drug-likeness (QED) is 0.651. The summed E-state index contributed by atoms with van der Waals surface area (Å²) in [7, 11) is 0. The number of hydrogen-bond acceptors (Lipinski definition) is 3. The standard InChI is InChI=1S/C12H13N3/c13-9-6-7-12(11(14)8-9)15-10-4-2-1-3-5-10/h1-8,15H,13-14H2. The van der Waals surface area contributed by atoms with Gasteiger partial charge in [0.05, 0.1) is 11.4 Å². The molecule has 0 unspecified atom stereocenters. The summed E-state index contributed by atoms with van der Waals surface area (Å²) in [4.78, 5) is 0. The fraction of sp³-hybridized carbons (Fsp3) is 0. The topological polar surface area (TPSA) is 64.1 Å². The highest BCUT2D eigenvalue weighted by Crippen LogP contribution is 2.24. The normalized spacial score (nSPS) is 9.87. The number of nitrogen functional groups attached to an aromatic ring is 2. The van der Waals surface area contributed by atoms with Crippen molar-refractivity contribution in [2.24, 2.45) is 0 Å². The minimum Gasteiger partial charge on any atom is -0.399 e. The van der Waals surface area contributed by atoms with Crippen LogP contribution in [0, 0.1) is 0 Å². The first kappa shape index (κ1) is 9.40. The van der Waals surface area contributed by atoms with Gasteiger partial charge in [-0.25, -0.2) is 0 Å². The summed E-state index contributed by atoms with van der Waals surface area (Å²) in [5, 5.41) is 3.22. The van der Waals surface area contributed by atoms with E-state index in [2.05, 4.69) is 5.32 Å². The Balaban J connectivity index is 2.25. The molecule has 15 heavy (non-hydrogen) atoms. The molecule has 5 N–H and O–H groups in total. The highest BCUT2D eigenvalue weighted by atomic mass is 14.9. The Kier molecular flexibility index (Phi) is 2.46. The maximum Gasteiger partial charge on any atom is 0.0619 e. The Morgan fingerprint density at radius 3 is 2.27 bits per heavy atom.